The number of nitrogens with two attached hydrogens (primary N) is 1. The zero-order valence-electron chi connectivity index (χ0n) is 8.70. The predicted molar refractivity (Wildman–Crippen MR) is 55.8 cm³/mol. The summed E-state index contributed by atoms with van der Waals surface area (Å²) in [6.45, 7) is 5.06. The number of furan rings is 1. The van der Waals surface area contributed by atoms with E-state index in [-0.39, 0.29) is 5.54 Å². The summed E-state index contributed by atoms with van der Waals surface area (Å²) in [6.07, 6.45) is 4.06. The van der Waals surface area contributed by atoms with E-state index >= 15 is 0 Å². The van der Waals surface area contributed by atoms with Crippen LogP contribution in [-0.2, 0) is 6.54 Å². The average Bonchev–Trinajstić information content (AvgIpc) is 2.67. The molecule has 0 amide bonds. The SMILES string of the molecule is CCN(Cc1ccco1)CC1(N)CC1. The van der Waals surface area contributed by atoms with Gasteiger partial charge in [-0.05, 0) is 31.5 Å². The van der Waals surface area contributed by atoms with E-state index in [1.54, 1.807) is 6.26 Å². The molecule has 1 aromatic rings. The summed E-state index contributed by atoms with van der Waals surface area (Å²) < 4.78 is 5.32. The maximum atomic E-state index is 6.08. The van der Waals surface area contributed by atoms with E-state index in [2.05, 4.69) is 11.8 Å². The van der Waals surface area contributed by atoms with Crippen LogP contribution in [0.25, 0.3) is 0 Å². The maximum Gasteiger partial charge on any atom is 0.117 e. The van der Waals surface area contributed by atoms with Gasteiger partial charge in [0.2, 0.25) is 0 Å². The highest BCUT2D eigenvalue weighted by atomic mass is 16.3. The second-order valence-electron chi connectivity index (χ2n) is 4.25. The Bertz CT molecular complexity index is 277. The van der Waals surface area contributed by atoms with Gasteiger partial charge in [0.1, 0.15) is 5.76 Å². The molecular weight excluding hydrogens is 176 g/mol. The van der Waals surface area contributed by atoms with Crippen molar-refractivity contribution in [3.05, 3.63) is 24.2 Å². The summed E-state index contributed by atoms with van der Waals surface area (Å²) in [5, 5.41) is 0. The Morgan fingerprint density at radius 1 is 1.57 bits per heavy atom. The number of nitrogens with zero attached hydrogens (tertiary/aromatic N) is 1. The lowest BCUT2D eigenvalue weighted by Gasteiger charge is -2.22. The van der Waals surface area contributed by atoms with Gasteiger partial charge in [-0.15, -0.1) is 0 Å². The molecule has 2 N–H and O–H groups in total. The molecule has 1 heterocycles. The molecule has 1 fully saturated rings. The van der Waals surface area contributed by atoms with Crippen molar-refractivity contribution in [2.24, 2.45) is 5.73 Å². The highest BCUT2D eigenvalue weighted by Crippen LogP contribution is 2.33. The second kappa shape index (κ2) is 3.75. The molecule has 0 aliphatic heterocycles. The Balaban J connectivity index is 1.87. The fourth-order valence-electron chi connectivity index (χ4n) is 1.67. The molecule has 0 bridgehead atoms. The van der Waals surface area contributed by atoms with Crippen LogP contribution in [0.1, 0.15) is 25.5 Å². The number of hydrogen-bond acceptors (Lipinski definition) is 3. The molecule has 1 aliphatic rings. The largest absolute Gasteiger partial charge is 0.468 e. The van der Waals surface area contributed by atoms with Gasteiger partial charge in [-0.1, -0.05) is 6.92 Å². The normalized spacial score (nSPS) is 18.8. The molecule has 0 saturated heterocycles. The van der Waals surface area contributed by atoms with Gasteiger partial charge in [-0.25, -0.2) is 0 Å². The zero-order valence-corrected chi connectivity index (χ0v) is 8.70. The molecule has 0 atom stereocenters. The van der Waals surface area contributed by atoms with Crippen LogP contribution in [0.4, 0.5) is 0 Å². The molecular formula is C11H18N2O. The summed E-state index contributed by atoms with van der Waals surface area (Å²) >= 11 is 0. The van der Waals surface area contributed by atoms with Crippen LogP contribution in [0, 0.1) is 0 Å². The fraction of sp³-hybridized carbons (Fsp3) is 0.636. The molecule has 0 radical (unpaired) electrons. The van der Waals surface area contributed by atoms with Crippen LogP contribution in [0.3, 0.4) is 0 Å². The molecule has 0 unspecified atom stereocenters. The van der Waals surface area contributed by atoms with Crippen LogP contribution in [0.5, 0.6) is 0 Å². The lowest BCUT2D eigenvalue weighted by atomic mass is 10.2. The molecule has 1 aliphatic carbocycles. The summed E-state index contributed by atoms with van der Waals surface area (Å²) in [7, 11) is 0. The minimum absolute atomic E-state index is 0.0998. The van der Waals surface area contributed by atoms with Crippen LogP contribution < -0.4 is 5.73 Å². The highest BCUT2D eigenvalue weighted by Gasteiger charge is 2.39. The third kappa shape index (κ3) is 2.36. The third-order valence-electron chi connectivity index (χ3n) is 2.84. The van der Waals surface area contributed by atoms with E-state index in [0.29, 0.717) is 0 Å². The van der Waals surface area contributed by atoms with Crippen molar-refractivity contribution >= 4 is 0 Å². The van der Waals surface area contributed by atoms with E-state index in [4.69, 9.17) is 10.2 Å². The Morgan fingerprint density at radius 2 is 2.36 bits per heavy atom. The third-order valence-corrected chi connectivity index (χ3v) is 2.84. The minimum atomic E-state index is 0.0998. The maximum absolute atomic E-state index is 6.08. The Labute approximate surface area is 84.9 Å². The van der Waals surface area contributed by atoms with Crippen LogP contribution in [-0.4, -0.2) is 23.5 Å². The molecule has 0 spiro atoms. The number of likely N-dealkylation sites (N-methyl/N-ethyl adjacent to an activating group) is 1. The van der Waals surface area contributed by atoms with Gasteiger partial charge in [0.15, 0.2) is 0 Å². The van der Waals surface area contributed by atoms with E-state index in [1.165, 1.54) is 12.8 Å². The van der Waals surface area contributed by atoms with Gasteiger partial charge >= 0.3 is 0 Å². The first-order valence-electron chi connectivity index (χ1n) is 5.25. The van der Waals surface area contributed by atoms with Crippen LogP contribution in [0.2, 0.25) is 0 Å². The van der Waals surface area contributed by atoms with E-state index in [1.807, 2.05) is 12.1 Å². The molecule has 2 rings (SSSR count). The lowest BCUT2D eigenvalue weighted by Crippen LogP contribution is -2.38. The molecule has 1 saturated carbocycles. The molecule has 14 heavy (non-hydrogen) atoms. The lowest BCUT2D eigenvalue weighted by molar-refractivity contribution is 0.235. The minimum Gasteiger partial charge on any atom is -0.468 e. The number of hydrogen-bond donors (Lipinski definition) is 1. The molecule has 0 aromatic carbocycles. The Morgan fingerprint density at radius 3 is 2.86 bits per heavy atom. The first kappa shape index (κ1) is 9.74. The monoisotopic (exact) mass is 194 g/mol. The summed E-state index contributed by atoms with van der Waals surface area (Å²) in [5.41, 5.74) is 6.18. The Kier molecular flexibility index (Phi) is 2.61. The van der Waals surface area contributed by atoms with Crippen LogP contribution in [0.15, 0.2) is 22.8 Å². The van der Waals surface area contributed by atoms with Crippen molar-refractivity contribution in [2.75, 3.05) is 13.1 Å². The van der Waals surface area contributed by atoms with Crippen LogP contribution >= 0.6 is 0 Å². The standard InChI is InChI=1S/C11H18N2O/c1-2-13(9-11(12)5-6-11)8-10-4-3-7-14-10/h3-4,7H,2,5-6,8-9,12H2,1H3. The van der Waals surface area contributed by atoms with E-state index in [0.717, 1.165) is 25.4 Å². The van der Waals surface area contributed by atoms with Crippen molar-refractivity contribution < 1.29 is 4.42 Å². The van der Waals surface area contributed by atoms with E-state index in [9.17, 15) is 0 Å². The van der Waals surface area contributed by atoms with Gasteiger partial charge in [-0.2, -0.15) is 0 Å². The van der Waals surface area contributed by atoms with Crippen molar-refractivity contribution in [2.45, 2.75) is 31.8 Å². The van der Waals surface area contributed by atoms with Gasteiger partial charge < -0.3 is 10.2 Å². The highest BCUT2D eigenvalue weighted by molar-refractivity contribution is 5.03. The van der Waals surface area contributed by atoms with Gasteiger partial charge in [-0.3, -0.25) is 4.90 Å². The Hall–Kier alpha value is -0.800. The fourth-order valence-corrected chi connectivity index (χ4v) is 1.67. The zero-order chi connectivity index (χ0) is 10.0. The summed E-state index contributed by atoms with van der Waals surface area (Å²) in [6, 6.07) is 3.94. The van der Waals surface area contributed by atoms with E-state index < -0.39 is 0 Å². The van der Waals surface area contributed by atoms with Gasteiger partial charge in [0.25, 0.3) is 0 Å². The van der Waals surface area contributed by atoms with Crippen molar-refractivity contribution in [3.63, 3.8) is 0 Å². The summed E-state index contributed by atoms with van der Waals surface area (Å²) in [5.74, 6) is 1.02. The molecule has 1 aromatic heterocycles. The van der Waals surface area contributed by atoms with Gasteiger partial charge in [0, 0.05) is 12.1 Å². The van der Waals surface area contributed by atoms with Crippen molar-refractivity contribution in [3.8, 4) is 0 Å². The quantitative estimate of drug-likeness (QED) is 0.774. The van der Waals surface area contributed by atoms with Crippen molar-refractivity contribution in [1.29, 1.82) is 0 Å². The summed E-state index contributed by atoms with van der Waals surface area (Å²) in [4.78, 5) is 2.34. The average molecular weight is 194 g/mol. The molecule has 3 heteroatoms. The first-order valence-corrected chi connectivity index (χ1v) is 5.25. The second-order valence-corrected chi connectivity index (χ2v) is 4.25. The number of rotatable bonds is 5. The first-order chi connectivity index (χ1) is 6.72. The van der Waals surface area contributed by atoms with Gasteiger partial charge in [0.05, 0.1) is 12.8 Å². The smallest absolute Gasteiger partial charge is 0.117 e. The topological polar surface area (TPSA) is 42.4 Å². The molecule has 78 valence electrons. The molecule has 3 nitrogen and oxygen atoms in total. The van der Waals surface area contributed by atoms with Crippen molar-refractivity contribution in [1.82, 2.24) is 4.90 Å². The predicted octanol–water partition coefficient (Wildman–Crippen LogP) is 1.59.